The largest absolute Gasteiger partial charge is 4.00 e. The average molecular weight is 1010 g/mol. The molecule has 13 heteroatoms. The minimum atomic E-state index is -1.35. The van der Waals surface area contributed by atoms with E-state index in [0.717, 1.165) is 0 Å². The van der Waals surface area contributed by atoms with E-state index in [2.05, 4.69) is 0 Å². The van der Waals surface area contributed by atoms with Gasteiger partial charge >= 0.3 is 21.7 Å². The second kappa shape index (κ2) is 33.8. The summed E-state index contributed by atoms with van der Waals surface area (Å²) in [5, 5.41) is 46.2. The summed E-state index contributed by atoms with van der Waals surface area (Å²) in [6.07, 6.45) is 5.47. The Morgan fingerprint density at radius 1 is 0.261 bits per heavy atom. The van der Waals surface area contributed by atoms with Crippen LogP contribution in [0.3, 0.4) is 0 Å². The van der Waals surface area contributed by atoms with Crippen molar-refractivity contribution >= 4 is 47.0 Å². The summed E-state index contributed by atoms with van der Waals surface area (Å²) in [5.74, 6) is -8.26. The van der Waals surface area contributed by atoms with Crippen LogP contribution in [0.5, 0.6) is 0 Å². The van der Waals surface area contributed by atoms with Gasteiger partial charge in [-0.1, -0.05) is 166 Å². The van der Waals surface area contributed by atoms with Crippen LogP contribution in [0.1, 0.15) is 218 Å². The standard InChI is InChI=1S/4C14H26O3.Ti/c4*1-7-11(8-2)12(15)14(9(3)4,10(5)6)13(16)17;/h4*9-11H,7-8H2,1-6H3,(H,16,17);/q;;;;+4/p-4. The van der Waals surface area contributed by atoms with Crippen LogP contribution in [-0.4, -0.2) is 47.0 Å². The Morgan fingerprint density at radius 3 is 0.391 bits per heavy atom. The van der Waals surface area contributed by atoms with Gasteiger partial charge in [-0.2, -0.15) is 0 Å². The molecule has 0 rings (SSSR count). The van der Waals surface area contributed by atoms with Crippen LogP contribution in [-0.2, 0) is 60.1 Å². The summed E-state index contributed by atoms with van der Waals surface area (Å²) in [7, 11) is 0. The number of carbonyl (C=O) groups is 8. The third-order valence-electron chi connectivity index (χ3n) is 15.7. The zero-order valence-corrected chi connectivity index (χ0v) is 49.5. The summed E-state index contributed by atoms with van der Waals surface area (Å²) >= 11 is 0. The van der Waals surface area contributed by atoms with Gasteiger partial charge in [-0.3, -0.25) is 19.2 Å². The average Bonchev–Trinajstić information content (AvgIpc) is 3.19. The molecule has 0 N–H and O–H groups in total. The molecule has 69 heavy (non-hydrogen) atoms. The quantitative estimate of drug-likeness (QED) is 0.0534. The van der Waals surface area contributed by atoms with E-state index < -0.39 is 45.5 Å². The van der Waals surface area contributed by atoms with Gasteiger partial charge in [-0.25, -0.2) is 0 Å². The smallest absolute Gasteiger partial charge is 0.549 e. The van der Waals surface area contributed by atoms with Crippen LogP contribution in [0, 0.1) is 92.7 Å². The molecule has 400 valence electrons. The molecule has 0 aromatic heterocycles. The van der Waals surface area contributed by atoms with Crippen molar-refractivity contribution in [2.45, 2.75) is 218 Å². The summed E-state index contributed by atoms with van der Waals surface area (Å²) in [6, 6.07) is 0. The minimum Gasteiger partial charge on any atom is -0.549 e. The van der Waals surface area contributed by atoms with Crippen molar-refractivity contribution in [3.8, 4) is 0 Å². The molecule has 0 radical (unpaired) electrons. The molecular weight excluding hydrogens is 912 g/mol. The van der Waals surface area contributed by atoms with Crippen molar-refractivity contribution in [1.82, 2.24) is 0 Å². The van der Waals surface area contributed by atoms with Gasteiger partial charge < -0.3 is 39.6 Å². The van der Waals surface area contributed by atoms with E-state index >= 15 is 0 Å². The van der Waals surface area contributed by atoms with Crippen molar-refractivity contribution in [1.29, 1.82) is 0 Å². The van der Waals surface area contributed by atoms with Crippen LogP contribution < -0.4 is 20.4 Å². The second-order valence-corrected chi connectivity index (χ2v) is 21.4. The van der Waals surface area contributed by atoms with Crippen molar-refractivity contribution in [3.05, 3.63) is 0 Å². The van der Waals surface area contributed by atoms with E-state index in [1.807, 2.05) is 55.4 Å². The van der Waals surface area contributed by atoms with Crippen LogP contribution in [0.25, 0.3) is 0 Å². The molecule has 0 heterocycles. The van der Waals surface area contributed by atoms with Gasteiger partial charge in [0.1, 0.15) is 23.1 Å². The Kier molecular flexibility index (Phi) is 36.9. The zero-order chi connectivity index (χ0) is 55.2. The molecule has 0 aromatic rings. The summed E-state index contributed by atoms with van der Waals surface area (Å²) in [6.45, 7) is 44.0. The summed E-state index contributed by atoms with van der Waals surface area (Å²) in [4.78, 5) is 96.3. The first-order chi connectivity index (χ1) is 31.0. The van der Waals surface area contributed by atoms with E-state index in [0.29, 0.717) is 51.4 Å². The SMILES string of the molecule is CCC(CC)C(=O)C(C(=O)[O-])(C(C)C)C(C)C.CCC(CC)C(=O)C(C(=O)[O-])(C(C)C)C(C)C.CCC(CC)C(=O)C(C(=O)[O-])(C(C)C)C(C)C.CCC(CC)C(=O)C(C(=O)[O-])(C(C)C)C(C)C.[Ti+4]. The number of carboxylic acids is 4. The van der Waals surface area contributed by atoms with Gasteiger partial charge in [0.2, 0.25) is 0 Å². The number of rotatable bonds is 28. The van der Waals surface area contributed by atoms with E-state index in [1.54, 1.807) is 111 Å². The van der Waals surface area contributed by atoms with Gasteiger partial charge in [0.25, 0.3) is 0 Å². The van der Waals surface area contributed by atoms with E-state index in [4.69, 9.17) is 0 Å². The summed E-state index contributed by atoms with van der Waals surface area (Å²) in [5.41, 5.74) is -5.40. The predicted octanol–water partition coefficient (Wildman–Crippen LogP) is 8.16. The zero-order valence-electron chi connectivity index (χ0n) is 48.0. The number of hydrogen-bond donors (Lipinski definition) is 0. The third-order valence-corrected chi connectivity index (χ3v) is 15.7. The fourth-order valence-electron chi connectivity index (χ4n) is 11.2. The molecule has 0 aliphatic heterocycles. The Morgan fingerprint density at radius 2 is 0.348 bits per heavy atom. The fourth-order valence-corrected chi connectivity index (χ4v) is 11.2. The topological polar surface area (TPSA) is 229 Å². The monoisotopic (exact) mass is 1010 g/mol. The number of carboxylic acid groups (broad SMARTS) is 4. The van der Waals surface area contributed by atoms with Crippen LogP contribution >= 0.6 is 0 Å². The molecule has 0 unspecified atom stereocenters. The van der Waals surface area contributed by atoms with Gasteiger partial charge in [-0.15, -0.1) is 0 Å². The number of carbonyl (C=O) groups excluding carboxylic acids is 8. The maximum atomic E-state index is 12.5. The Hall–Kier alpha value is -2.73. The van der Waals surface area contributed by atoms with Crippen molar-refractivity contribution in [2.24, 2.45) is 92.7 Å². The van der Waals surface area contributed by atoms with E-state index in [-0.39, 0.29) is 116 Å². The van der Waals surface area contributed by atoms with Crippen LogP contribution in [0.2, 0.25) is 0 Å². The number of Topliss-reactive ketones (excluding diaryl/α,β-unsaturated/α-hetero) is 4. The van der Waals surface area contributed by atoms with Crippen molar-refractivity contribution in [3.63, 3.8) is 0 Å². The number of hydrogen-bond acceptors (Lipinski definition) is 12. The summed E-state index contributed by atoms with van der Waals surface area (Å²) < 4.78 is 0. The molecule has 0 atom stereocenters. The van der Waals surface area contributed by atoms with Crippen LogP contribution in [0.4, 0.5) is 0 Å². The first-order valence-electron chi connectivity index (χ1n) is 26.1. The predicted molar refractivity (Wildman–Crippen MR) is 265 cm³/mol. The molecule has 0 amide bonds. The van der Waals surface area contributed by atoms with Gasteiger partial charge in [-0.05, 0) is 98.7 Å². The molecule has 0 bridgehead atoms. The molecule has 0 aliphatic carbocycles. The Bertz CT molecular complexity index is 1310. The molecule has 0 aliphatic rings. The van der Waals surface area contributed by atoms with Crippen molar-refractivity contribution < 1.29 is 80.5 Å². The second-order valence-electron chi connectivity index (χ2n) is 21.4. The third kappa shape index (κ3) is 16.7. The molecular formula is C56H100O12Ti. The first-order valence-corrected chi connectivity index (χ1v) is 26.1. The molecule has 0 saturated carbocycles. The van der Waals surface area contributed by atoms with Gasteiger partial charge in [0.15, 0.2) is 0 Å². The molecule has 0 saturated heterocycles. The molecule has 0 fully saturated rings. The number of aliphatic carboxylic acids is 4. The maximum absolute atomic E-state index is 12.5. The molecule has 0 aromatic carbocycles. The fraction of sp³-hybridized carbons (Fsp3) is 0.857. The molecule has 0 spiro atoms. The van der Waals surface area contributed by atoms with Gasteiger partial charge in [0, 0.05) is 23.7 Å². The Labute approximate surface area is 435 Å². The van der Waals surface area contributed by atoms with E-state index in [9.17, 15) is 58.8 Å². The Balaban J connectivity index is -0.000000263. The first kappa shape index (κ1) is 75.2. The van der Waals surface area contributed by atoms with E-state index in [1.165, 1.54) is 0 Å². The van der Waals surface area contributed by atoms with Crippen LogP contribution in [0.15, 0.2) is 0 Å². The van der Waals surface area contributed by atoms with Gasteiger partial charge in [0.05, 0.1) is 45.5 Å². The maximum Gasteiger partial charge on any atom is 4.00 e. The van der Waals surface area contributed by atoms with Crippen molar-refractivity contribution in [2.75, 3.05) is 0 Å². The number of ketones is 4. The normalized spacial score (nSPS) is 12.3. The minimum absolute atomic E-state index is 0. The molecule has 12 nitrogen and oxygen atoms in total.